The number of hydrogen-bond acceptors (Lipinski definition) is 1. The third-order valence-electron chi connectivity index (χ3n) is 11.8. The minimum Gasteiger partial charge on any atom is -0.309 e. The Morgan fingerprint density at radius 3 is 2.04 bits per heavy atom. The van der Waals surface area contributed by atoms with Gasteiger partial charge in [-0.3, -0.25) is 0 Å². The van der Waals surface area contributed by atoms with Crippen molar-refractivity contribution in [3.05, 3.63) is 181 Å². The van der Waals surface area contributed by atoms with E-state index in [0.717, 1.165) is 54.5 Å². The lowest BCUT2D eigenvalue weighted by molar-refractivity contribution is 0.593. The zero-order chi connectivity index (χ0) is 34.8. The van der Waals surface area contributed by atoms with Crippen LogP contribution in [0.3, 0.4) is 0 Å². The summed E-state index contributed by atoms with van der Waals surface area (Å²) in [5.74, 6) is 0. The first kappa shape index (κ1) is 29.7. The van der Waals surface area contributed by atoms with Crippen LogP contribution >= 0.6 is 7.14 Å². The Hall–Kier alpha value is -5.95. The van der Waals surface area contributed by atoms with Gasteiger partial charge in [0.2, 0.25) is 0 Å². The van der Waals surface area contributed by atoms with Gasteiger partial charge in [0.1, 0.15) is 0 Å². The van der Waals surface area contributed by atoms with Crippen molar-refractivity contribution in [2.24, 2.45) is 0 Å². The van der Waals surface area contributed by atoms with Crippen LogP contribution in [0.4, 0.5) is 0 Å². The van der Waals surface area contributed by atoms with E-state index in [4.69, 9.17) is 0 Å². The van der Waals surface area contributed by atoms with E-state index < -0.39 is 7.14 Å². The molecule has 0 amide bonds. The summed E-state index contributed by atoms with van der Waals surface area (Å²) in [7, 11) is -3.05. The van der Waals surface area contributed by atoms with Crippen LogP contribution in [0.1, 0.15) is 25.0 Å². The smallest absolute Gasteiger partial charge is 0.172 e. The van der Waals surface area contributed by atoms with Crippen molar-refractivity contribution in [3.8, 4) is 39.1 Å². The third kappa shape index (κ3) is 3.93. The Labute approximate surface area is 303 Å². The maximum absolute atomic E-state index is 15.4. The van der Waals surface area contributed by atoms with Crippen molar-refractivity contribution in [2.75, 3.05) is 0 Å². The van der Waals surface area contributed by atoms with Crippen LogP contribution in [0.5, 0.6) is 0 Å². The minimum absolute atomic E-state index is 0.0436. The number of rotatable bonds is 3. The van der Waals surface area contributed by atoms with Crippen LogP contribution in [-0.4, -0.2) is 4.57 Å². The number of aromatic nitrogens is 1. The van der Waals surface area contributed by atoms with Gasteiger partial charge in [0.05, 0.1) is 11.0 Å². The summed E-state index contributed by atoms with van der Waals surface area (Å²) < 4.78 is 17.7. The molecule has 1 aliphatic carbocycles. The monoisotopic (exact) mass is 683 g/mol. The third-order valence-corrected chi connectivity index (χ3v) is 14.9. The first-order valence-corrected chi connectivity index (χ1v) is 19.7. The van der Waals surface area contributed by atoms with Crippen LogP contribution in [-0.2, 0) is 9.98 Å². The van der Waals surface area contributed by atoms with Gasteiger partial charge in [-0.1, -0.05) is 141 Å². The van der Waals surface area contributed by atoms with Gasteiger partial charge in [0.25, 0.3) is 0 Å². The normalized spacial score (nSPS) is 16.6. The molecular formula is C49H34NOP. The van der Waals surface area contributed by atoms with Gasteiger partial charge in [0, 0.05) is 37.8 Å². The lowest BCUT2D eigenvalue weighted by Gasteiger charge is -2.22. The largest absolute Gasteiger partial charge is 0.309 e. The van der Waals surface area contributed by atoms with E-state index in [1.807, 2.05) is 36.4 Å². The van der Waals surface area contributed by atoms with Gasteiger partial charge in [-0.2, -0.15) is 0 Å². The highest BCUT2D eigenvalue weighted by molar-refractivity contribution is 7.86. The predicted molar refractivity (Wildman–Crippen MR) is 220 cm³/mol. The molecule has 0 saturated carbocycles. The molecule has 0 saturated heterocycles. The van der Waals surface area contributed by atoms with E-state index in [0.29, 0.717) is 0 Å². The van der Waals surface area contributed by atoms with Gasteiger partial charge in [-0.25, -0.2) is 0 Å². The Balaban J connectivity index is 1.10. The maximum Gasteiger partial charge on any atom is 0.172 e. The van der Waals surface area contributed by atoms with Crippen LogP contribution in [0.15, 0.2) is 170 Å². The molecule has 1 atom stereocenters. The second-order valence-corrected chi connectivity index (χ2v) is 17.6. The molecule has 246 valence electrons. The summed E-state index contributed by atoms with van der Waals surface area (Å²) in [6, 6.07) is 60.9. The lowest BCUT2D eigenvalue weighted by atomic mass is 9.81. The Kier molecular flexibility index (Phi) is 6.03. The van der Waals surface area contributed by atoms with E-state index in [2.05, 4.69) is 152 Å². The highest BCUT2D eigenvalue weighted by Crippen LogP contribution is 2.54. The number of fused-ring (bicyclic) bond motifs is 10. The van der Waals surface area contributed by atoms with Crippen LogP contribution in [0.25, 0.3) is 71.6 Å². The summed E-state index contributed by atoms with van der Waals surface area (Å²) >= 11 is 0. The molecule has 0 radical (unpaired) electrons. The lowest BCUT2D eigenvalue weighted by Crippen LogP contribution is -2.20. The SMILES string of the molecule is CC1(C)c2ccccc2-c2ccc(-c3ccc4ccc(-n5c6ccccc6c6cc7c(cc65)-c5ccccc5P7(=O)c5ccccc5)cc4c3)cc21. The molecule has 0 spiro atoms. The molecule has 11 rings (SSSR count). The molecule has 9 aromatic rings. The van der Waals surface area contributed by atoms with Crippen molar-refractivity contribution in [3.63, 3.8) is 0 Å². The number of nitrogens with zero attached hydrogens (tertiary/aromatic N) is 1. The molecule has 3 heteroatoms. The summed E-state index contributed by atoms with van der Waals surface area (Å²) in [5, 5.41) is 7.42. The van der Waals surface area contributed by atoms with Crippen molar-refractivity contribution in [1.82, 2.24) is 4.57 Å². The van der Waals surface area contributed by atoms with E-state index >= 15 is 4.57 Å². The fraction of sp³-hybridized carbons (Fsp3) is 0.0612. The highest BCUT2D eigenvalue weighted by Gasteiger charge is 2.41. The fourth-order valence-corrected chi connectivity index (χ4v) is 12.3. The Morgan fingerprint density at radius 2 is 1.15 bits per heavy atom. The van der Waals surface area contributed by atoms with Crippen molar-refractivity contribution >= 4 is 55.6 Å². The first-order valence-electron chi connectivity index (χ1n) is 18.0. The Bertz CT molecular complexity index is 3020. The molecule has 0 N–H and O–H groups in total. The summed E-state index contributed by atoms with van der Waals surface area (Å²) in [6.45, 7) is 4.68. The molecule has 1 aromatic heterocycles. The standard InChI is InChI=1S/C49H34NOP/c1-49(2)43-17-9-6-14-37(43)38-25-23-33(28-44(38)49)32-21-20-31-22-24-35(27-34(31)26-32)50-45-18-10-7-15-39(45)41-30-48-42(29-46(41)50)40-16-8-11-19-47(40)52(48,51)36-12-4-3-5-13-36/h3-30H,1-2H3. The molecule has 0 fully saturated rings. The van der Waals surface area contributed by atoms with Gasteiger partial charge < -0.3 is 9.13 Å². The Morgan fingerprint density at radius 1 is 0.462 bits per heavy atom. The van der Waals surface area contributed by atoms with Crippen LogP contribution in [0.2, 0.25) is 0 Å². The molecule has 1 aliphatic heterocycles. The van der Waals surface area contributed by atoms with Crippen molar-refractivity contribution in [2.45, 2.75) is 19.3 Å². The average molecular weight is 684 g/mol. The quantitative estimate of drug-likeness (QED) is 0.170. The maximum atomic E-state index is 15.4. The number of benzene rings is 8. The van der Waals surface area contributed by atoms with Gasteiger partial charge in [0.15, 0.2) is 7.14 Å². The van der Waals surface area contributed by atoms with Crippen molar-refractivity contribution < 1.29 is 4.57 Å². The predicted octanol–water partition coefficient (Wildman–Crippen LogP) is 11.5. The second-order valence-electron chi connectivity index (χ2n) is 14.9. The highest BCUT2D eigenvalue weighted by atomic mass is 31.2. The molecule has 0 bridgehead atoms. The fourth-order valence-electron chi connectivity index (χ4n) is 9.22. The second kappa shape index (κ2) is 10.5. The molecule has 2 aliphatic rings. The number of para-hydroxylation sites is 1. The first-order chi connectivity index (χ1) is 25.4. The zero-order valence-electron chi connectivity index (χ0n) is 29.0. The van der Waals surface area contributed by atoms with E-state index in [-0.39, 0.29) is 5.41 Å². The molecule has 2 nitrogen and oxygen atoms in total. The molecule has 2 heterocycles. The zero-order valence-corrected chi connectivity index (χ0v) is 29.9. The van der Waals surface area contributed by atoms with Gasteiger partial charge >= 0.3 is 0 Å². The van der Waals surface area contributed by atoms with Crippen LogP contribution in [0, 0.1) is 0 Å². The van der Waals surface area contributed by atoms with E-state index in [9.17, 15) is 0 Å². The van der Waals surface area contributed by atoms with Crippen LogP contribution < -0.4 is 15.9 Å². The van der Waals surface area contributed by atoms with E-state index in [1.54, 1.807) is 0 Å². The van der Waals surface area contributed by atoms with Crippen molar-refractivity contribution in [1.29, 1.82) is 0 Å². The summed E-state index contributed by atoms with van der Waals surface area (Å²) in [4.78, 5) is 0. The molecule has 1 unspecified atom stereocenters. The molecular weight excluding hydrogens is 650 g/mol. The number of hydrogen-bond donors (Lipinski definition) is 0. The molecule has 8 aromatic carbocycles. The summed E-state index contributed by atoms with van der Waals surface area (Å²) in [6.07, 6.45) is 0. The van der Waals surface area contributed by atoms with Gasteiger partial charge in [-0.05, 0) is 97.7 Å². The van der Waals surface area contributed by atoms with E-state index in [1.165, 1.54) is 44.2 Å². The van der Waals surface area contributed by atoms with Gasteiger partial charge in [-0.15, -0.1) is 0 Å². The minimum atomic E-state index is -3.05. The summed E-state index contributed by atoms with van der Waals surface area (Å²) in [5.41, 5.74) is 13.4. The average Bonchev–Trinajstić information content (AvgIpc) is 3.74. The molecule has 52 heavy (non-hydrogen) atoms. The topological polar surface area (TPSA) is 22.0 Å².